The van der Waals surface area contributed by atoms with E-state index in [9.17, 15) is 4.39 Å². The Bertz CT molecular complexity index is 240. The standard InChI is InChI=1S/C11H16FNO/c12-6-7-13-11(9-14)8-10-4-2-1-3-5-10/h1-5,11,13-14H,6-9H2. The van der Waals surface area contributed by atoms with Crippen LogP contribution in [0.15, 0.2) is 30.3 Å². The van der Waals surface area contributed by atoms with E-state index in [1.807, 2.05) is 30.3 Å². The fraction of sp³-hybridized carbons (Fsp3) is 0.455. The number of hydrogen-bond donors (Lipinski definition) is 2. The molecule has 0 spiro atoms. The molecule has 1 atom stereocenters. The van der Waals surface area contributed by atoms with Crippen molar-refractivity contribution in [2.75, 3.05) is 19.8 Å². The summed E-state index contributed by atoms with van der Waals surface area (Å²) in [7, 11) is 0. The van der Waals surface area contributed by atoms with Crippen LogP contribution in [0, 0.1) is 0 Å². The van der Waals surface area contributed by atoms with E-state index in [2.05, 4.69) is 5.32 Å². The van der Waals surface area contributed by atoms with Crippen molar-refractivity contribution < 1.29 is 9.50 Å². The monoisotopic (exact) mass is 197 g/mol. The molecule has 1 aromatic rings. The first-order valence-corrected chi connectivity index (χ1v) is 4.81. The van der Waals surface area contributed by atoms with Crippen LogP contribution in [0.2, 0.25) is 0 Å². The lowest BCUT2D eigenvalue weighted by atomic mass is 10.1. The van der Waals surface area contributed by atoms with Gasteiger partial charge in [-0.05, 0) is 12.0 Å². The minimum atomic E-state index is -0.398. The zero-order chi connectivity index (χ0) is 10.2. The highest BCUT2D eigenvalue weighted by molar-refractivity contribution is 5.15. The predicted octanol–water partition coefficient (Wildman–Crippen LogP) is 1.15. The molecule has 2 nitrogen and oxygen atoms in total. The number of aliphatic hydroxyl groups is 1. The lowest BCUT2D eigenvalue weighted by Crippen LogP contribution is -2.35. The topological polar surface area (TPSA) is 32.3 Å². The van der Waals surface area contributed by atoms with Crippen molar-refractivity contribution in [3.05, 3.63) is 35.9 Å². The molecule has 78 valence electrons. The van der Waals surface area contributed by atoms with Gasteiger partial charge < -0.3 is 10.4 Å². The van der Waals surface area contributed by atoms with Gasteiger partial charge in [0.1, 0.15) is 6.67 Å². The second kappa shape index (κ2) is 6.51. The third-order valence-electron chi connectivity index (χ3n) is 2.07. The van der Waals surface area contributed by atoms with Gasteiger partial charge in [-0.15, -0.1) is 0 Å². The number of halogens is 1. The lowest BCUT2D eigenvalue weighted by molar-refractivity contribution is 0.238. The van der Waals surface area contributed by atoms with Gasteiger partial charge in [-0.2, -0.15) is 0 Å². The summed E-state index contributed by atoms with van der Waals surface area (Å²) in [5.41, 5.74) is 1.15. The van der Waals surface area contributed by atoms with Crippen LogP contribution >= 0.6 is 0 Å². The molecule has 1 unspecified atom stereocenters. The zero-order valence-electron chi connectivity index (χ0n) is 8.12. The number of rotatable bonds is 6. The second-order valence-electron chi connectivity index (χ2n) is 3.21. The Morgan fingerprint density at radius 1 is 1.29 bits per heavy atom. The van der Waals surface area contributed by atoms with Crippen molar-refractivity contribution in [2.45, 2.75) is 12.5 Å². The van der Waals surface area contributed by atoms with Crippen molar-refractivity contribution in [3.8, 4) is 0 Å². The van der Waals surface area contributed by atoms with E-state index in [1.165, 1.54) is 0 Å². The lowest BCUT2D eigenvalue weighted by Gasteiger charge is -2.14. The zero-order valence-corrected chi connectivity index (χ0v) is 8.12. The Hall–Kier alpha value is -0.930. The maximum Gasteiger partial charge on any atom is 0.102 e. The first-order chi connectivity index (χ1) is 6.86. The van der Waals surface area contributed by atoms with Crippen LogP contribution in [0.3, 0.4) is 0 Å². The Kier molecular flexibility index (Phi) is 5.19. The molecule has 0 amide bonds. The van der Waals surface area contributed by atoms with Gasteiger partial charge in [0.2, 0.25) is 0 Å². The maximum absolute atomic E-state index is 11.9. The van der Waals surface area contributed by atoms with E-state index in [-0.39, 0.29) is 12.6 Å². The predicted molar refractivity (Wildman–Crippen MR) is 55.0 cm³/mol. The van der Waals surface area contributed by atoms with Gasteiger partial charge in [-0.25, -0.2) is 4.39 Å². The van der Waals surface area contributed by atoms with Crippen molar-refractivity contribution in [3.63, 3.8) is 0 Å². The summed E-state index contributed by atoms with van der Waals surface area (Å²) in [6.07, 6.45) is 0.733. The summed E-state index contributed by atoms with van der Waals surface area (Å²) in [6, 6.07) is 9.82. The molecule has 0 heterocycles. The van der Waals surface area contributed by atoms with Gasteiger partial charge >= 0.3 is 0 Å². The van der Waals surface area contributed by atoms with Crippen LogP contribution in [0.4, 0.5) is 4.39 Å². The molecular weight excluding hydrogens is 181 g/mol. The molecule has 0 bridgehead atoms. The Morgan fingerprint density at radius 2 is 2.00 bits per heavy atom. The Morgan fingerprint density at radius 3 is 2.57 bits per heavy atom. The van der Waals surface area contributed by atoms with E-state index in [0.29, 0.717) is 6.54 Å². The van der Waals surface area contributed by atoms with Crippen molar-refractivity contribution >= 4 is 0 Å². The summed E-state index contributed by atoms with van der Waals surface area (Å²) in [5.74, 6) is 0. The van der Waals surface area contributed by atoms with Crippen LogP contribution in [-0.2, 0) is 6.42 Å². The molecule has 0 radical (unpaired) electrons. The highest BCUT2D eigenvalue weighted by Crippen LogP contribution is 2.02. The minimum Gasteiger partial charge on any atom is -0.395 e. The van der Waals surface area contributed by atoms with Gasteiger partial charge in [0.15, 0.2) is 0 Å². The number of alkyl halides is 1. The van der Waals surface area contributed by atoms with Crippen LogP contribution in [0.1, 0.15) is 5.56 Å². The van der Waals surface area contributed by atoms with E-state index in [0.717, 1.165) is 12.0 Å². The van der Waals surface area contributed by atoms with Gasteiger partial charge in [0, 0.05) is 12.6 Å². The van der Waals surface area contributed by atoms with E-state index in [4.69, 9.17) is 5.11 Å². The second-order valence-corrected chi connectivity index (χ2v) is 3.21. The summed E-state index contributed by atoms with van der Waals surface area (Å²) in [4.78, 5) is 0. The molecule has 14 heavy (non-hydrogen) atoms. The maximum atomic E-state index is 11.9. The molecule has 2 N–H and O–H groups in total. The van der Waals surface area contributed by atoms with Crippen LogP contribution in [-0.4, -0.2) is 31.0 Å². The summed E-state index contributed by atoms with van der Waals surface area (Å²) in [6.45, 7) is -0.0573. The normalized spacial score (nSPS) is 12.7. The van der Waals surface area contributed by atoms with Crippen LogP contribution in [0.25, 0.3) is 0 Å². The smallest absolute Gasteiger partial charge is 0.102 e. The Balaban J connectivity index is 2.40. The Labute approximate surface area is 83.8 Å². The molecule has 0 saturated heterocycles. The molecule has 0 aliphatic rings. The molecule has 0 aliphatic heterocycles. The van der Waals surface area contributed by atoms with Crippen molar-refractivity contribution in [1.82, 2.24) is 5.32 Å². The number of benzene rings is 1. The van der Waals surface area contributed by atoms with Crippen LogP contribution in [0.5, 0.6) is 0 Å². The first kappa shape index (κ1) is 11.1. The van der Waals surface area contributed by atoms with Gasteiger partial charge in [-0.1, -0.05) is 30.3 Å². The molecule has 1 rings (SSSR count). The number of hydrogen-bond acceptors (Lipinski definition) is 2. The average Bonchev–Trinajstić information content (AvgIpc) is 2.25. The fourth-order valence-corrected chi connectivity index (χ4v) is 1.36. The summed E-state index contributed by atoms with van der Waals surface area (Å²) < 4.78 is 11.9. The average molecular weight is 197 g/mol. The molecule has 1 aromatic carbocycles. The fourth-order valence-electron chi connectivity index (χ4n) is 1.36. The van der Waals surface area contributed by atoms with E-state index >= 15 is 0 Å². The molecular formula is C11H16FNO. The molecule has 0 saturated carbocycles. The number of nitrogens with one attached hydrogen (secondary N) is 1. The van der Waals surface area contributed by atoms with E-state index in [1.54, 1.807) is 0 Å². The highest BCUT2D eigenvalue weighted by Gasteiger charge is 2.06. The van der Waals surface area contributed by atoms with Gasteiger partial charge in [0.25, 0.3) is 0 Å². The SMILES string of the molecule is OCC(Cc1ccccc1)NCCF. The third kappa shape index (κ3) is 3.85. The van der Waals surface area contributed by atoms with Crippen molar-refractivity contribution in [2.24, 2.45) is 0 Å². The van der Waals surface area contributed by atoms with E-state index < -0.39 is 6.67 Å². The van der Waals surface area contributed by atoms with Crippen molar-refractivity contribution in [1.29, 1.82) is 0 Å². The quantitative estimate of drug-likeness (QED) is 0.717. The molecule has 0 fully saturated rings. The molecule has 0 aromatic heterocycles. The first-order valence-electron chi connectivity index (χ1n) is 4.81. The van der Waals surface area contributed by atoms with Crippen LogP contribution < -0.4 is 5.32 Å². The summed E-state index contributed by atoms with van der Waals surface area (Å²) in [5, 5.41) is 12.0. The summed E-state index contributed by atoms with van der Waals surface area (Å²) >= 11 is 0. The third-order valence-corrected chi connectivity index (χ3v) is 2.07. The number of aliphatic hydroxyl groups excluding tert-OH is 1. The molecule has 0 aliphatic carbocycles. The molecule has 3 heteroatoms. The van der Waals surface area contributed by atoms with Gasteiger partial charge in [-0.3, -0.25) is 0 Å². The van der Waals surface area contributed by atoms with Gasteiger partial charge in [0.05, 0.1) is 6.61 Å². The minimum absolute atomic E-state index is 0.0366. The largest absolute Gasteiger partial charge is 0.395 e. The highest BCUT2D eigenvalue weighted by atomic mass is 19.1.